The van der Waals surface area contributed by atoms with Crippen LogP contribution in [0.15, 0.2) is 60.0 Å². The number of amides is 2. The lowest BCUT2D eigenvalue weighted by Crippen LogP contribution is -2.30. The zero-order valence-corrected chi connectivity index (χ0v) is 18.1. The average molecular weight is 424 g/mol. The summed E-state index contributed by atoms with van der Waals surface area (Å²) < 4.78 is 1.88. The maximum atomic E-state index is 12.4. The molecule has 0 bridgehead atoms. The molecule has 2 amide bonds. The van der Waals surface area contributed by atoms with Crippen molar-refractivity contribution in [3.05, 3.63) is 66.0 Å². The van der Waals surface area contributed by atoms with Crippen LogP contribution in [0, 0.1) is 6.92 Å². The largest absolute Gasteiger partial charge is 0.339 e. The summed E-state index contributed by atoms with van der Waals surface area (Å²) in [5, 5.41) is 11.6. The number of nitrogens with one attached hydrogen (secondary N) is 1. The summed E-state index contributed by atoms with van der Waals surface area (Å²) in [5.74, 6) is 0.0381. The molecule has 0 aliphatic rings. The molecule has 0 saturated heterocycles. The van der Waals surface area contributed by atoms with Crippen LogP contribution in [0.25, 0.3) is 5.69 Å². The number of rotatable bonds is 8. The molecular formula is C22H25N5O2S. The van der Waals surface area contributed by atoms with E-state index in [1.807, 2.05) is 49.6 Å². The van der Waals surface area contributed by atoms with Gasteiger partial charge in [-0.05, 0) is 56.7 Å². The minimum absolute atomic E-state index is 0.0102. The minimum atomic E-state index is -0.151. The molecule has 0 saturated carbocycles. The molecule has 0 unspecified atom stereocenters. The fraction of sp³-hybridized carbons (Fsp3) is 0.273. The maximum Gasteiger partial charge on any atom is 0.253 e. The molecule has 0 aliphatic heterocycles. The Labute approximate surface area is 180 Å². The molecule has 1 heterocycles. The van der Waals surface area contributed by atoms with Gasteiger partial charge in [0.05, 0.1) is 11.4 Å². The molecular weight excluding hydrogens is 398 g/mol. The number of carbonyl (C=O) groups excluding carboxylic acids is 2. The van der Waals surface area contributed by atoms with Crippen molar-refractivity contribution in [2.24, 2.45) is 0 Å². The quantitative estimate of drug-likeness (QED) is 0.558. The SMILES string of the molecule is CCN(CC)C(=O)c1ccc(NC(=O)CSc2nncn2-c2ccccc2C)cc1. The summed E-state index contributed by atoms with van der Waals surface area (Å²) in [5.41, 5.74) is 3.34. The van der Waals surface area contributed by atoms with E-state index in [4.69, 9.17) is 0 Å². The van der Waals surface area contributed by atoms with Gasteiger partial charge in [-0.3, -0.25) is 14.2 Å². The Kier molecular flexibility index (Phi) is 7.24. The summed E-state index contributed by atoms with van der Waals surface area (Å²) in [6.45, 7) is 7.25. The van der Waals surface area contributed by atoms with Crippen molar-refractivity contribution < 1.29 is 9.59 Å². The molecule has 30 heavy (non-hydrogen) atoms. The van der Waals surface area contributed by atoms with E-state index < -0.39 is 0 Å². The van der Waals surface area contributed by atoms with Gasteiger partial charge < -0.3 is 10.2 Å². The van der Waals surface area contributed by atoms with Crippen molar-refractivity contribution in [3.63, 3.8) is 0 Å². The third-order valence-corrected chi connectivity index (χ3v) is 5.63. The zero-order chi connectivity index (χ0) is 21.5. The molecule has 0 radical (unpaired) electrons. The molecule has 156 valence electrons. The molecule has 3 rings (SSSR count). The number of nitrogens with zero attached hydrogens (tertiary/aromatic N) is 4. The van der Waals surface area contributed by atoms with Crippen LogP contribution in [-0.2, 0) is 4.79 Å². The summed E-state index contributed by atoms with van der Waals surface area (Å²) in [4.78, 5) is 26.5. The highest BCUT2D eigenvalue weighted by Gasteiger charge is 2.14. The normalized spacial score (nSPS) is 10.6. The lowest BCUT2D eigenvalue weighted by atomic mass is 10.2. The highest BCUT2D eigenvalue weighted by Crippen LogP contribution is 2.22. The van der Waals surface area contributed by atoms with Crippen LogP contribution in [0.3, 0.4) is 0 Å². The lowest BCUT2D eigenvalue weighted by molar-refractivity contribution is -0.113. The van der Waals surface area contributed by atoms with E-state index in [0.717, 1.165) is 11.3 Å². The first-order chi connectivity index (χ1) is 14.5. The number of para-hydroxylation sites is 1. The summed E-state index contributed by atoms with van der Waals surface area (Å²) in [6.07, 6.45) is 1.65. The van der Waals surface area contributed by atoms with E-state index in [0.29, 0.717) is 29.5 Å². The van der Waals surface area contributed by atoms with Crippen molar-refractivity contribution in [1.29, 1.82) is 0 Å². The number of aromatic nitrogens is 3. The molecule has 0 fully saturated rings. The second-order valence-corrected chi connectivity index (χ2v) is 7.60. The number of hydrogen-bond acceptors (Lipinski definition) is 5. The van der Waals surface area contributed by atoms with Gasteiger partial charge in [-0.1, -0.05) is 30.0 Å². The Bertz CT molecular complexity index is 1010. The van der Waals surface area contributed by atoms with Gasteiger partial charge in [0.1, 0.15) is 6.33 Å². The van der Waals surface area contributed by atoms with Crippen molar-refractivity contribution in [3.8, 4) is 5.69 Å². The highest BCUT2D eigenvalue weighted by atomic mass is 32.2. The van der Waals surface area contributed by atoms with Gasteiger partial charge in [-0.15, -0.1) is 10.2 Å². The highest BCUT2D eigenvalue weighted by molar-refractivity contribution is 7.99. The van der Waals surface area contributed by atoms with Gasteiger partial charge in [0, 0.05) is 24.3 Å². The monoisotopic (exact) mass is 423 g/mol. The standard InChI is InChI=1S/C22H25N5O2S/c1-4-26(5-2)21(29)17-10-12-18(13-11-17)24-20(28)14-30-22-25-23-15-27(22)19-9-7-6-8-16(19)3/h6-13,15H,4-5,14H2,1-3H3,(H,24,28). The molecule has 1 aromatic heterocycles. The minimum Gasteiger partial charge on any atom is -0.339 e. The number of aryl methyl sites for hydroxylation is 1. The Morgan fingerprint density at radius 3 is 2.43 bits per heavy atom. The topological polar surface area (TPSA) is 80.1 Å². The third-order valence-electron chi connectivity index (χ3n) is 4.69. The zero-order valence-electron chi connectivity index (χ0n) is 17.3. The molecule has 7 nitrogen and oxygen atoms in total. The van der Waals surface area contributed by atoms with Crippen molar-refractivity contribution in [2.45, 2.75) is 25.9 Å². The van der Waals surface area contributed by atoms with Crippen LogP contribution in [0.2, 0.25) is 0 Å². The summed E-state index contributed by atoms with van der Waals surface area (Å²) >= 11 is 1.32. The first-order valence-electron chi connectivity index (χ1n) is 9.81. The smallest absolute Gasteiger partial charge is 0.253 e. The van der Waals surface area contributed by atoms with Crippen molar-refractivity contribution >= 4 is 29.3 Å². The van der Waals surface area contributed by atoms with E-state index in [2.05, 4.69) is 15.5 Å². The maximum absolute atomic E-state index is 12.4. The fourth-order valence-corrected chi connectivity index (χ4v) is 3.76. The van der Waals surface area contributed by atoms with Crippen molar-refractivity contribution in [1.82, 2.24) is 19.7 Å². The summed E-state index contributed by atoms with van der Waals surface area (Å²) in [7, 11) is 0. The van der Waals surface area contributed by atoms with E-state index in [1.165, 1.54) is 11.8 Å². The second kappa shape index (κ2) is 10.1. The summed E-state index contributed by atoms with van der Waals surface area (Å²) in [6, 6.07) is 14.9. The Morgan fingerprint density at radius 1 is 1.07 bits per heavy atom. The predicted molar refractivity (Wildman–Crippen MR) is 119 cm³/mol. The molecule has 3 aromatic rings. The first-order valence-corrected chi connectivity index (χ1v) is 10.8. The van der Waals surface area contributed by atoms with Gasteiger partial charge >= 0.3 is 0 Å². The average Bonchev–Trinajstić information content (AvgIpc) is 3.22. The van der Waals surface area contributed by atoms with E-state index in [1.54, 1.807) is 35.5 Å². The van der Waals surface area contributed by atoms with Gasteiger partial charge in [-0.25, -0.2) is 0 Å². The Hall–Kier alpha value is -3.13. The number of benzene rings is 2. The fourth-order valence-electron chi connectivity index (χ4n) is 3.04. The molecule has 0 atom stereocenters. The van der Waals surface area contributed by atoms with E-state index in [9.17, 15) is 9.59 Å². The third kappa shape index (κ3) is 5.07. The van der Waals surface area contributed by atoms with E-state index in [-0.39, 0.29) is 17.6 Å². The van der Waals surface area contributed by atoms with Crippen LogP contribution >= 0.6 is 11.8 Å². The van der Waals surface area contributed by atoms with Crippen LogP contribution < -0.4 is 5.32 Å². The van der Waals surface area contributed by atoms with Gasteiger partial charge in [0.15, 0.2) is 5.16 Å². The van der Waals surface area contributed by atoms with Crippen LogP contribution in [0.4, 0.5) is 5.69 Å². The predicted octanol–water partition coefficient (Wildman–Crippen LogP) is 3.79. The number of anilines is 1. The number of carbonyl (C=O) groups is 2. The van der Waals surface area contributed by atoms with Gasteiger partial charge in [-0.2, -0.15) is 0 Å². The number of hydrogen-bond donors (Lipinski definition) is 1. The molecule has 0 aliphatic carbocycles. The van der Waals surface area contributed by atoms with Gasteiger partial charge in [0.2, 0.25) is 5.91 Å². The second-order valence-electron chi connectivity index (χ2n) is 6.66. The van der Waals surface area contributed by atoms with Crippen LogP contribution in [0.5, 0.6) is 0 Å². The lowest BCUT2D eigenvalue weighted by Gasteiger charge is -2.18. The van der Waals surface area contributed by atoms with Gasteiger partial charge in [0.25, 0.3) is 5.91 Å². The van der Waals surface area contributed by atoms with E-state index >= 15 is 0 Å². The molecule has 1 N–H and O–H groups in total. The first kappa shape index (κ1) is 21.6. The van der Waals surface area contributed by atoms with Crippen molar-refractivity contribution in [2.75, 3.05) is 24.2 Å². The molecule has 0 spiro atoms. The molecule has 2 aromatic carbocycles. The number of thioether (sulfide) groups is 1. The Balaban J connectivity index is 1.59. The molecule has 8 heteroatoms. The van der Waals surface area contributed by atoms with Crippen LogP contribution in [0.1, 0.15) is 29.8 Å². The Morgan fingerprint density at radius 2 is 1.77 bits per heavy atom. The van der Waals surface area contributed by atoms with Crippen LogP contribution in [-0.4, -0.2) is 50.3 Å².